The monoisotopic (exact) mass is 243 g/mol. The summed E-state index contributed by atoms with van der Waals surface area (Å²) in [6, 6.07) is 8.63. The number of ether oxygens (including phenoxy) is 1. The van der Waals surface area contributed by atoms with Crippen LogP contribution in [0.4, 0.5) is 5.69 Å². The maximum absolute atomic E-state index is 5.64. The van der Waals surface area contributed by atoms with Crippen LogP contribution >= 0.6 is 0 Å². The average molecular weight is 243 g/mol. The van der Waals surface area contributed by atoms with Gasteiger partial charge in [0.05, 0.1) is 30.6 Å². The highest BCUT2D eigenvalue weighted by molar-refractivity contribution is 5.49. The number of hydrogen-bond donors (Lipinski definition) is 1. The minimum Gasteiger partial charge on any atom is -0.374 e. The Bertz CT molecular complexity index is 562. The van der Waals surface area contributed by atoms with Crippen molar-refractivity contribution >= 4 is 5.69 Å². The van der Waals surface area contributed by atoms with E-state index in [0.717, 1.165) is 11.4 Å². The lowest BCUT2D eigenvalue weighted by atomic mass is 9.99. The molecular weight excluding hydrogens is 226 g/mol. The zero-order valence-corrected chi connectivity index (χ0v) is 10.7. The van der Waals surface area contributed by atoms with Gasteiger partial charge in [-0.05, 0) is 18.1 Å². The van der Waals surface area contributed by atoms with E-state index in [4.69, 9.17) is 4.74 Å². The number of rotatable bonds is 2. The predicted octanol–water partition coefficient (Wildman–Crippen LogP) is 2.41. The second-order valence-electron chi connectivity index (χ2n) is 4.71. The fourth-order valence-corrected chi connectivity index (χ4v) is 2.43. The Morgan fingerprint density at radius 1 is 1.39 bits per heavy atom. The molecular formula is C14H17N3O. The first-order chi connectivity index (χ1) is 8.74. The molecule has 1 N–H and O–H groups in total. The summed E-state index contributed by atoms with van der Waals surface area (Å²) in [4.78, 5) is 0. The van der Waals surface area contributed by atoms with Gasteiger partial charge in [-0.15, -0.1) is 0 Å². The maximum Gasteiger partial charge on any atom is 0.0825 e. The highest BCUT2D eigenvalue weighted by Gasteiger charge is 2.21. The Kier molecular flexibility index (Phi) is 2.80. The smallest absolute Gasteiger partial charge is 0.0825 e. The van der Waals surface area contributed by atoms with Crippen molar-refractivity contribution in [2.24, 2.45) is 7.05 Å². The molecule has 0 spiro atoms. The van der Waals surface area contributed by atoms with Gasteiger partial charge < -0.3 is 10.1 Å². The number of nitrogens with one attached hydrogen (secondary N) is 1. The van der Waals surface area contributed by atoms with Crippen LogP contribution in [0.3, 0.4) is 0 Å². The molecule has 3 rings (SSSR count). The van der Waals surface area contributed by atoms with Crippen molar-refractivity contribution in [3.8, 4) is 0 Å². The molecule has 0 saturated heterocycles. The lowest BCUT2D eigenvalue weighted by molar-refractivity contribution is 0.0970. The molecule has 2 heterocycles. The third-order valence-electron chi connectivity index (χ3n) is 3.32. The molecule has 0 saturated carbocycles. The molecule has 0 bridgehead atoms. The number of anilines is 1. The van der Waals surface area contributed by atoms with Crippen LogP contribution < -0.4 is 5.32 Å². The molecule has 1 aliphatic heterocycles. The van der Waals surface area contributed by atoms with Crippen LogP contribution in [-0.2, 0) is 18.4 Å². The van der Waals surface area contributed by atoms with Gasteiger partial charge in [-0.2, -0.15) is 5.10 Å². The first kappa shape index (κ1) is 11.3. The molecule has 1 aromatic heterocycles. The van der Waals surface area contributed by atoms with Crippen LogP contribution in [0.25, 0.3) is 0 Å². The molecule has 1 aliphatic rings. The van der Waals surface area contributed by atoms with E-state index in [1.54, 1.807) is 0 Å². The molecule has 18 heavy (non-hydrogen) atoms. The van der Waals surface area contributed by atoms with Crippen molar-refractivity contribution in [1.82, 2.24) is 9.78 Å². The highest BCUT2D eigenvalue weighted by Crippen LogP contribution is 2.28. The molecule has 1 atom stereocenters. The van der Waals surface area contributed by atoms with Gasteiger partial charge in [0.15, 0.2) is 0 Å². The average Bonchev–Trinajstić information content (AvgIpc) is 2.68. The molecule has 4 nitrogen and oxygen atoms in total. The standard InChI is InChI=1S/C14H17N3O/c1-10-13(7-17(2)16-10)15-14-9-18-8-11-5-3-4-6-12(11)14/h3-7,14-15H,8-9H2,1-2H3. The van der Waals surface area contributed by atoms with Crippen LogP contribution in [0.2, 0.25) is 0 Å². The van der Waals surface area contributed by atoms with E-state index in [1.165, 1.54) is 11.1 Å². The van der Waals surface area contributed by atoms with E-state index in [-0.39, 0.29) is 6.04 Å². The van der Waals surface area contributed by atoms with Gasteiger partial charge in [0.2, 0.25) is 0 Å². The Labute approximate surface area is 107 Å². The third-order valence-corrected chi connectivity index (χ3v) is 3.32. The first-order valence-electron chi connectivity index (χ1n) is 6.16. The Morgan fingerprint density at radius 3 is 3.00 bits per heavy atom. The van der Waals surface area contributed by atoms with Gasteiger partial charge in [0, 0.05) is 13.2 Å². The molecule has 0 aliphatic carbocycles. The summed E-state index contributed by atoms with van der Waals surface area (Å²) < 4.78 is 7.46. The number of aromatic nitrogens is 2. The van der Waals surface area contributed by atoms with Crippen molar-refractivity contribution in [2.45, 2.75) is 19.6 Å². The lowest BCUT2D eigenvalue weighted by Crippen LogP contribution is -2.23. The largest absolute Gasteiger partial charge is 0.374 e. The second-order valence-corrected chi connectivity index (χ2v) is 4.71. The van der Waals surface area contributed by atoms with Crippen LogP contribution in [0.1, 0.15) is 22.9 Å². The van der Waals surface area contributed by atoms with E-state index in [2.05, 4.69) is 34.7 Å². The van der Waals surface area contributed by atoms with E-state index >= 15 is 0 Å². The third kappa shape index (κ3) is 1.99. The van der Waals surface area contributed by atoms with Gasteiger partial charge in [-0.25, -0.2) is 0 Å². The zero-order valence-electron chi connectivity index (χ0n) is 10.7. The Morgan fingerprint density at radius 2 is 2.22 bits per heavy atom. The molecule has 0 radical (unpaired) electrons. The minimum atomic E-state index is 0.206. The molecule has 4 heteroatoms. The van der Waals surface area contributed by atoms with Crippen molar-refractivity contribution < 1.29 is 4.74 Å². The molecule has 94 valence electrons. The SMILES string of the molecule is Cc1nn(C)cc1NC1COCc2ccccc21. The highest BCUT2D eigenvalue weighted by atomic mass is 16.5. The molecule has 1 unspecified atom stereocenters. The number of benzene rings is 1. The second kappa shape index (κ2) is 4.46. The van der Waals surface area contributed by atoms with Gasteiger partial charge in [0.25, 0.3) is 0 Å². The summed E-state index contributed by atoms with van der Waals surface area (Å²) in [6.07, 6.45) is 2.01. The van der Waals surface area contributed by atoms with Crippen LogP contribution in [0.5, 0.6) is 0 Å². The van der Waals surface area contributed by atoms with E-state index in [1.807, 2.05) is 24.9 Å². The number of aryl methyl sites for hydroxylation is 2. The fraction of sp³-hybridized carbons (Fsp3) is 0.357. The normalized spacial score (nSPS) is 18.4. The summed E-state index contributed by atoms with van der Waals surface area (Å²) in [5.74, 6) is 0. The minimum absolute atomic E-state index is 0.206. The van der Waals surface area contributed by atoms with Crippen LogP contribution in [0.15, 0.2) is 30.5 Å². The number of fused-ring (bicyclic) bond motifs is 1. The lowest BCUT2D eigenvalue weighted by Gasteiger charge is -2.27. The summed E-state index contributed by atoms with van der Waals surface area (Å²) in [7, 11) is 1.93. The predicted molar refractivity (Wildman–Crippen MR) is 70.4 cm³/mol. The van der Waals surface area contributed by atoms with Crippen molar-refractivity contribution in [1.29, 1.82) is 0 Å². The molecule has 0 fully saturated rings. The Balaban J connectivity index is 1.88. The van der Waals surface area contributed by atoms with Crippen LogP contribution in [-0.4, -0.2) is 16.4 Å². The Hall–Kier alpha value is -1.81. The summed E-state index contributed by atoms with van der Waals surface area (Å²) in [5.41, 5.74) is 4.68. The van der Waals surface area contributed by atoms with Gasteiger partial charge in [0.1, 0.15) is 0 Å². The topological polar surface area (TPSA) is 39.1 Å². The molecule has 0 amide bonds. The zero-order chi connectivity index (χ0) is 12.5. The number of hydrogen-bond acceptors (Lipinski definition) is 3. The maximum atomic E-state index is 5.64. The summed E-state index contributed by atoms with van der Waals surface area (Å²) in [5, 5.41) is 7.86. The van der Waals surface area contributed by atoms with E-state index in [0.29, 0.717) is 13.2 Å². The van der Waals surface area contributed by atoms with Crippen molar-refractivity contribution in [3.63, 3.8) is 0 Å². The van der Waals surface area contributed by atoms with Gasteiger partial charge in [-0.3, -0.25) is 4.68 Å². The summed E-state index contributed by atoms with van der Waals surface area (Å²) in [6.45, 7) is 3.42. The molecule has 1 aromatic carbocycles. The van der Waals surface area contributed by atoms with Crippen molar-refractivity contribution in [2.75, 3.05) is 11.9 Å². The van der Waals surface area contributed by atoms with Gasteiger partial charge >= 0.3 is 0 Å². The first-order valence-corrected chi connectivity index (χ1v) is 6.16. The fourth-order valence-electron chi connectivity index (χ4n) is 2.43. The van der Waals surface area contributed by atoms with Crippen LogP contribution in [0, 0.1) is 6.92 Å². The molecule has 2 aromatic rings. The van der Waals surface area contributed by atoms with E-state index < -0.39 is 0 Å². The number of nitrogens with zero attached hydrogens (tertiary/aromatic N) is 2. The summed E-state index contributed by atoms with van der Waals surface area (Å²) >= 11 is 0. The van der Waals surface area contributed by atoms with Gasteiger partial charge in [-0.1, -0.05) is 24.3 Å². The quantitative estimate of drug-likeness (QED) is 0.880. The van der Waals surface area contributed by atoms with E-state index in [9.17, 15) is 0 Å². The van der Waals surface area contributed by atoms with Crippen molar-refractivity contribution in [3.05, 3.63) is 47.3 Å².